The molecule has 4 atom stereocenters. The lowest BCUT2D eigenvalue weighted by Crippen LogP contribution is -2.60. The number of hydrogen-bond donors (Lipinski definition) is 2. The van der Waals surface area contributed by atoms with Crippen LogP contribution < -0.4 is 10.6 Å². The second-order valence-electron chi connectivity index (χ2n) is 17.5. The Morgan fingerprint density at radius 3 is 2.17 bits per heavy atom. The van der Waals surface area contributed by atoms with E-state index in [2.05, 4.69) is 49.5 Å². The highest BCUT2D eigenvalue weighted by molar-refractivity contribution is 7.92. The Morgan fingerprint density at radius 1 is 0.931 bits per heavy atom. The van der Waals surface area contributed by atoms with Gasteiger partial charge in [-0.05, 0) is 94.1 Å². The number of nitrogens with zero attached hydrogens (tertiary/aromatic N) is 2. The summed E-state index contributed by atoms with van der Waals surface area (Å²) in [5, 5.41) is 5.04. The fourth-order valence-electron chi connectivity index (χ4n) is 6.81. The van der Waals surface area contributed by atoms with Crippen LogP contribution in [0.2, 0.25) is 18.1 Å². The summed E-state index contributed by atoms with van der Waals surface area (Å²) in [5.74, 6) is -0.611. The summed E-state index contributed by atoms with van der Waals surface area (Å²) in [6.45, 7) is 17.6. The third kappa shape index (κ3) is 11.2. The van der Waals surface area contributed by atoms with Crippen LogP contribution in [0.3, 0.4) is 0 Å². The van der Waals surface area contributed by atoms with Gasteiger partial charge in [-0.15, -0.1) is 0 Å². The fraction of sp³-hybridized carbons (Fsp3) is 0.455. The van der Waals surface area contributed by atoms with Crippen molar-refractivity contribution >= 4 is 41.7 Å². The number of carbonyl (C=O) groups is 3. The molecule has 1 fully saturated rings. The van der Waals surface area contributed by atoms with Gasteiger partial charge in [0, 0.05) is 28.9 Å². The molecule has 3 aromatic carbocycles. The molecule has 4 aromatic rings. The minimum absolute atomic E-state index is 0.0194. The molecule has 2 heterocycles. The number of aromatic nitrogens is 1. The van der Waals surface area contributed by atoms with Crippen molar-refractivity contribution in [3.63, 3.8) is 0 Å². The van der Waals surface area contributed by atoms with Gasteiger partial charge in [0.05, 0.1) is 35.4 Å². The summed E-state index contributed by atoms with van der Waals surface area (Å²) in [4.78, 5) is 47.9. The molecule has 12 nitrogen and oxygen atoms in total. The maximum absolute atomic E-state index is 14.7. The lowest BCUT2D eigenvalue weighted by molar-refractivity contribution is 0.00131. The first kappa shape index (κ1) is 44.3. The Labute approximate surface area is 344 Å². The van der Waals surface area contributed by atoms with Crippen LogP contribution >= 0.6 is 0 Å². The quantitative estimate of drug-likeness (QED) is 0.119. The Kier molecular flexibility index (Phi) is 13.8. The molecule has 1 saturated heterocycles. The normalized spacial score (nSPS) is 17.4. The number of likely N-dealkylation sites (tertiary alicyclic amines) is 1. The number of oxazole rings is 1. The van der Waals surface area contributed by atoms with E-state index in [0.29, 0.717) is 29.7 Å². The van der Waals surface area contributed by atoms with E-state index in [9.17, 15) is 22.8 Å². The van der Waals surface area contributed by atoms with Crippen LogP contribution in [-0.4, -0.2) is 85.9 Å². The molecule has 0 radical (unpaired) electrons. The summed E-state index contributed by atoms with van der Waals surface area (Å²) in [5.41, 5.74) is 1.51. The smallest absolute Gasteiger partial charge is 0.410 e. The number of carbonyl (C=O) groups excluding carboxylic acids is 3. The van der Waals surface area contributed by atoms with Crippen molar-refractivity contribution in [2.75, 3.05) is 17.6 Å². The lowest BCUT2D eigenvalue weighted by atomic mass is 9.94. The molecule has 0 saturated carbocycles. The van der Waals surface area contributed by atoms with Crippen LogP contribution in [0.5, 0.6) is 0 Å². The van der Waals surface area contributed by atoms with Gasteiger partial charge >= 0.3 is 6.09 Å². The maximum atomic E-state index is 14.7. The van der Waals surface area contributed by atoms with E-state index in [1.165, 1.54) is 17.4 Å². The zero-order chi connectivity index (χ0) is 42.5. The predicted octanol–water partition coefficient (Wildman–Crippen LogP) is 8.53. The molecule has 14 heteroatoms. The van der Waals surface area contributed by atoms with Crippen LogP contribution in [0, 0.1) is 0 Å². The highest BCUT2D eigenvalue weighted by atomic mass is 32.2. The molecule has 1 aromatic heterocycles. The van der Waals surface area contributed by atoms with E-state index in [1.54, 1.807) is 63.2 Å². The van der Waals surface area contributed by atoms with Crippen LogP contribution in [0.1, 0.15) is 87.6 Å². The van der Waals surface area contributed by atoms with Crippen LogP contribution in [0.25, 0.3) is 11.5 Å². The van der Waals surface area contributed by atoms with Crippen molar-refractivity contribution in [2.45, 2.75) is 115 Å². The van der Waals surface area contributed by atoms with Gasteiger partial charge in [-0.25, -0.2) is 18.2 Å². The van der Waals surface area contributed by atoms with E-state index in [1.807, 2.05) is 43.3 Å². The van der Waals surface area contributed by atoms with Gasteiger partial charge in [0.15, 0.2) is 18.2 Å². The summed E-state index contributed by atoms with van der Waals surface area (Å²) in [6, 6.07) is 21.8. The van der Waals surface area contributed by atoms with Crippen LogP contribution in [0.4, 0.5) is 10.5 Å². The zero-order valence-corrected chi connectivity index (χ0v) is 36.9. The summed E-state index contributed by atoms with van der Waals surface area (Å²) in [6.07, 6.45) is 2.27. The predicted molar refractivity (Wildman–Crippen MR) is 229 cm³/mol. The SMILES string of the molecule is CCCS(=O)(=O)[C@@H]1C[C@H]([C@@H](O[Si](C)(C)C(C)(C)C)[C@H](Cc2ccccc2)NC(=O)c2cc(NC(=O)c3ccccc3)cc(-c3ncco3)c2)N(C(=O)OC(C)(C)C)C1. The molecule has 0 bridgehead atoms. The summed E-state index contributed by atoms with van der Waals surface area (Å²) < 4.78 is 46.3. The Hall–Kier alpha value is -4.79. The van der Waals surface area contributed by atoms with E-state index >= 15 is 0 Å². The maximum Gasteiger partial charge on any atom is 0.410 e. The van der Waals surface area contributed by atoms with Gasteiger partial charge < -0.3 is 29.1 Å². The first-order valence-corrected chi connectivity index (χ1v) is 24.4. The Morgan fingerprint density at radius 2 is 1.59 bits per heavy atom. The van der Waals surface area contributed by atoms with E-state index < -0.39 is 59.2 Å². The van der Waals surface area contributed by atoms with Gasteiger partial charge in [-0.2, -0.15) is 0 Å². The van der Waals surface area contributed by atoms with Gasteiger partial charge in [-0.1, -0.05) is 76.2 Å². The van der Waals surface area contributed by atoms with E-state index in [4.69, 9.17) is 13.6 Å². The number of amides is 3. The second kappa shape index (κ2) is 18.0. The third-order valence-electron chi connectivity index (χ3n) is 10.7. The molecular formula is C44H58N4O8SSi. The minimum Gasteiger partial charge on any atom is -0.445 e. The number of nitrogens with one attached hydrogen (secondary N) is 2. The summed E-state index contributed by atoms with van der Waals surface area (Å²) >= 11 is 0. The lowest BCUT2D eigenvalue weighted by Gasteiger charge is -2.45. The van der Waals surface area contributed by atoms with Crippen LogP contribution in [-0.2, 0) is 25.4 Å². The number of anilines is 1. The molecule has 58 heavy (non-hydrogen) atoms. The highest BCUT2D eigenvalue weighted by Crippen LogP contribution is 2.41. The number of hydrogen-bond acceptors (Lipinski definition) is 9. The number of rotatable bonds is 14. The minimum atomic E-state index is -3.60. The summed E-state index contributed by atoms with van der Waals surface area (Å²) in [7, 11) is -6.29. The monoisotopic (exact) mass is 830 g/mol. The van der Waals surface area contributed by atoms with Crippen molar-refractivity contribution in [2.24, 2.45) is 0 Å². The first-order valence-electron chi connectivity index (χ1n) is 19.8. The van der Waals surface area contributed by atoms with Gasteiger partial charge in [0.25, 0.3) is 11.8 Å². The Bertz CT molecular complexity index is 2130. The Balaban J connectivity index is 1.63. The van der Waals surface area contributed by atoms with Gasteiger partial charge in [0.1, 0.15) is 11.9 Å². The van der Waals surface area contributed by atoms with E-state index in [-0.39, 0.29) is 41.1 Å². The molecular weight excluding hydrogens is 773 g/mol. The van der Waals surface area contributed by atoms with Crippen molar-refractivity contribution in [3.8, 4) is 11.5 Å². The molecule has 1 aliphatic heterocycles. The van der Waals surface area contributed by atoms with Crippen molar-refractivity contribution in [3.05, 3.63) is 108 Å². The number of benzene rings is 3. The second-order valence-corrected chi connectivity index (χ2v) is 24.7. The first-order chi connectivity index (χ1) is 27.2. The number of sulfone groups is 1. The molecule has 5 rings (SSSR count). The van der Waals surface area contributed by atoms with Crippen molar-refractivity contribution in [1.82, 2.24) is 15.2 Å². The standard InChI is InChI=1S/C44H58N4O8SSi/c1-10-23-57(52,53)35-28-37(48(29-35)42(51)55-43(2,3)4)38(56-58(8,9)44(5,6)7)36(24-30-17-13-11-14-18-30)47-40(50)32-25-33(41-45-21-22-54-41)27-34(26-32)46-39(49)31-19-15-12-16-20-31/h11-22,25-27,35-38H,10,23-24,28-29H2,1-9H3,(H,46,49)(H,47,50)/t35-,36+,37-,38+/m1/s1. The molecule has 0 unspecified atom stereocenters. The third-order valence-corrected chi connectivity index (χ3v) is 17.5. The molecule has 312 valence electrons. The van der Waals surface area contributed by atoms with E-state index in [0.717, 1.165) is 5.56 Å². The molecule has 0 aliphatic carbocycles. The molecule has 3 amide bonds. The van der Waals surface area contributed by atoms with Gasteiger partial charge in [0.2, 0.25) is 5.89 Å². The van der Waals surface area contributed by atoms with Crippen molar-refractivity contribution in [1.29, 1.82) is 0 Å². The largest absolute Gasteiger partial charge is 0.445 e. The molecule has 1 aliphatic rings. The average molecular weight is 831 g/mol. The van der Waals surface area contributed by atoms with Crippen LogP contribution in [0.15, 0.2) is 95.7 Å². The highest BCUT2D eigenvalue weighted by Gasteiger charge is 2.51. The topological polar surface area (TPSA) is 157 Å². The average Bonchev–Trinajstić information content (AvgIpc) is 3.85. The molecule has 2 N–H and O–H groups in total. The fourth-order valence-corrected chi connectivity index (χ4v) is 9.94. The molecule has 0 spiro atoms. The zero-order valence-electron chi connectivity index (χ0n) is 35.1. The van der Waals surface area contributed by atoms with Gasteiger partial charge in [-0.3, -0.25) is 9.59 Å². The van der Waals surface area contributed by atoms with Crippen molar-refractivity contribution < 1.29 is 36.4 Å². The number of ether oxygens (including phenoxy) is 1.